The van der Waals surface area contributed by atoms with Gasteiger partial charge in [-0.15, -0.1) is 4.99 Å². The highest BCUT2D eigenvalue weighted by molar-refractivity contribution is 8.13. The molecule has 0 saturated carbocycles. The SMILES string of the molecule is CSC(=NC#N)N1CCc2ccccc21. The fourth-order valence-electron chi connectivity index (χ4n) is 1.80. The third-order valence-electron chi connectivity index (χ3n) is 2.45. The van der Waals surface area contributed by atoms with Gasteiger partial charge in [0, 0.05) is 12.2 Å². The number of amidine groups is 1. The Kier molecular flexibility index (Phi) is 2.93. The van der Waals surface area contributed by atoms with Gasteiger partial charge in [-0.25, -0.2) is 0 Å². The van der Waals surface area contributed by atoms with Gasteiger partial charge in [0.25, 0.3) is 0 Å². The van der Waals surface area contributed by atoms with Crippen molar-refractivity contribution < 1.29 is 0 Å². The molecule has 0 saturated heterocycles. The molecule has 1 aliphatic heterocycles. The Balaban J connectivity index is 2.35. The number of nitriles is 1. The zero-order valence-electron chi connectivity index (χ0n) is 8.47. The van der Waals surface area contributed by atoms with Gasteiger partial charge < -0.3 is 4.90 Å². The number of fused-ring (bicyclic) bond motifs is 1. The molecule has 3 nitrogen and oxygen atoms in total. The predicted molar refractivity (Wildman–Crippen MR) is 64.1 cm³/mol. The van der Waals surface area contributed by atoms with Crippen LogP contribution in [0.25, 0.3) is 0 Å². The molecule has 0 fully saturated rings. The van der Waals surface area contributed by atoms with Gasteiger partial charge in [-0.2, -0.15) is 5.26 Å². The van der Waals surface area contributed by atoms with Crippen molar-refractivity contribution in [2.45, 2.75) is 6.42 Å². The van der Waals surface area contributed by atoms with Gasteiger partial charge in [0.1, 0.15) is 0 Å². The first-order valence-corrected chi connectivity index (χ1v) is 5.95. The van der Waals surface area contributed by atoms with E-state index in [9.17, 15) is 0 Å². The topological polar surface area (TPSA) is 39.4 Å². The summed E-state index contributed by atoms with van der Waals surface area (Å²) >= 11 is 1.51. The molecule has 0 amide bonds. The third kappa shape index (κ3) is 1.83. The molecule has 0 N–H and O–H groups in total. The van der Waals surface area contributed by atoms with Crippen molar-refractivity contribution in [3.05, 3.63) is 29.8 Å². The third-order valence-corrected chi connectivity index (χ3v) is 3.12. The molecule has 76 valence electrons. The number of hydrogen-bond donors (Lipinski definition) is 0. The van der Waals surface area contributed by atoms with Crippen molar-refractivity contribution in [3.63, 3.8) is 0 Å². The average molecular weight is 217 g/mol. The van der Waals surface area contributed by atoms with E-state index in [4.69, 9.17) is 5.26 Å². The van der Waals surface area contributed by atoms with Crippen LogP contribution in [0.15, 0.2) is 29.3 Å². The Morgan fingerprint density at radius 2 is 2.33 bits per heavy atom. The van der Waals surface area contributed by atoms with Gasteiger partial charge in [-0.1, -0.05) is 30.0 Å². The summed E-state index contributed by atoms with van der Waals surface area (Å²) in [6.45, 7) is 0.917. The van der Waals surface area contributed by atoms with Crippen molar-refractivity contribution >= 4 is 22.6 Å². The molecule has 15 heavy (non-hydrogen) atoms. The van der Waals surface area contributed by atoms with Crippen molar-refractivity contribution in [2.24, 2.45) is 4.99 Å². The largest absolute Gasteiger partial charge is 0.320 e. The van der Waals surface area contributed by atoms with Crippen molar-refractivity contribution in [1.82, 2.24) is 0 Å². The first kappa shape index (κ1) is 10.1. The number of rotatable bonds is 0. The molecule has 1 aromatic carbocycles. The Hall–Kier alpha value is -1.47. The minimum Gasteiger partial charge on any atom is -0.320 e. The van der Waals surface area contributed by atoms with Gasteiger partial charge in [-0.05, 0) is 24.3 Å². The van der Waals surface area contributed by atoms with Crippen LogP contribution in [0.2, 0.25) is 0 Å². The fraction of sp³-hybridized carbons (Fsp3) is 0.273. The highest BCUT2D eigenvalue weighted by Crippen LogP contribution is 2.29. The second-order valence-electron chi connectivity index (χ2n) is 3.23. The highest BCUT2D eigenvalue weighted by Gasteiger charge is 2.21. The van der Waals surface area contributed by atoms with E-state index in [1.54, 1.807) is 0 Å². The van der Waals surface area contributed by atoms with Crippen LogP contribution in [0.5, 0.6) is 0 Å². The molecule has 2 rings (SSSR count). The second kappa shape index (κ2) is 4.37. The predicted octanol–water partition coefficient (Wildman–Crippen LogP) is 2.25. The lowest BCUT2D eigenvalue weighted by atomic mass is 10.2. The van der Waals surface area contributed by atoms with Crippen LogP contribution >= 0.6 is 11.8 Å². The van der Waals surface area contributed by atoms with Gasteiger partial charge in [0.05, 0.1) is 0 Å². The van der Waals surface area contributed by atoms with Crippen LogP contribution < -0.4 is 4.90 Å². The standard InChI is InChI=1S/C11H11N3S/c1-15-11(13-8-12)14-7-6-9-4-2-3-5-10(9)14/h2-5H,6-7H2,1H3. The van der Waals surface area contributed by atoms with E-state index in [-0.39, 0.29) is 0 Å². The molecule has 0 bridgehead atoms. The lowest BCUT2D eigenvalue weighted by molar-refractivity contribution is 1.03. The van der Waals surface area contributed by atoms with E-state index in [1.165, 1.54) is 23.0 Å². The fourth-order valence-corrected chi connectivity index (χ4v) is 2.34. The van der Waals surface area contributed by atoms with Crippen molar-refractivity contribution in [3.8, 4) is 6.19 Å². The maximum atomic E-state index is 8.60. The van der Waals surface area contributed by atoms with Gasteiger partial charge >= 0.3 is 0 Å². The smallest absolute Gasteiger partial charge is 0.208 e. The summed E-state index contributed by atoms with van der Waals surface area (Å²) in [5.74, 6) is 0. The number of anilines is 1. The average Bonchev–Trinajstić information content (AvgIpc) is 2.70. The molecule has 0 aromatic heterocycles. The molecular formula is C11H11N3S. The van der Waals surface area contributed by atoms with Gasteiger partial charge in [0.2, 0.25) is 6.19 Å². The number of hydrogen-bond acceptors (Lipinski definition) is 3. The minimum atomic E-state index is 0.780. The summed E-state index contributed by atoms with van der Waals surface area (Å²) in [5.41, 5.74) is 2.51. The van der Waals surface area contributed by atoms with Gasteiger partial charge in [0.15, 0.2) is 5.17 Å². The quantitative estimate of drug-likeness (QED) is 0.380. The lowest BCUT2D eigenvalue weighted by Gasteiger charge is -2.18. The van der Waals surface area contributed by atoms with Crippen LogP contribution in [0.1, 0.15) is 5.56 Å². The molecule has 1 aliphatic rings. The summed E-state index contributed by atoms with van der Waals surface area (Å²) in [4.78, 5) is 5.94. The van der Waals surface area contributed by atoms with Crippen LogP contribution in [0, 0.1) is 11.5 Å². The zero-order valence-corrected chi connectivity index (χ0v) is 9.29. The minimum absolute atomic E-state index is 0.780. The summed E-state index contributed by atoms with van der Waals surface area (Å²) in [6.07, 6.45) is 4.82. The molecular weight excluding hydrogens is 206 g/mol. The number of nitrogens with zero attached hydrogens (tertiary/aromatic N) is 3. The zero-order chi connectivity index (χ0) is 10.7. The number of aliphatic imine (C=N–C) groups is 1. The summed E-state index contributed by atoms with van der Waals surface area (Å²) < 4.78 is 0. The summed E-state index contributed by atoms with van der Waals surface area (Å²) in [6, 6.07) is 8.26. The molecule has 0 unspecified atom stereocenters. The summed E-state index contributed by atoms with van der Waals surface area (Å²) in [5, 5.41) is 9.38. The van der Waals surface area contributed by atoms with Crippen LogP contribution in [-0.4, -0.2) is 18.0 Å². The first-order chi connectivity index (χ1) is 7.36. The van der Waals surface area contributed by atoms with Crippen LogP contribution in [0.3, 0.4) is 0 Å². The molecule has 1 heterocycles. The maximum Gasteiger partial charge on any atom is 0.208 e. The maximum absolute atomic E-state index is 8.60. The monoisotopic (exact) mass is 217 g/mol. The Labute approximate surface area is 93.4 Å². The molecule has 0 radical (unpaired) electrons. The normalized spacial score (nSPS) is 14.9. The van der Waals surface area contributed by atoms with E-state index < -0.39 is 0 Å². The number of para-hydroxylation sites is 1. The van der Waals surface area contributed by atoms with E-state index in [2.05, 4.69) is 22.0 Å². The molecule has 0 atom stereocenters. The van der Waals surface area contributed by atoms with E-state index in [0.29, 0.717) is 0 Å². The van der Waals surface area contributed by atoms with Crippen LogP contribution in [0.4, 0.5) is 5.69 Å². The van der Waals surface area contributed by atoms with Crippen molar-refractivity contribution in [2.75, 3.05) is 17.7 Å². The molecule has 0 aliphatic carbocycles. The molecule has 0 spiro atoms. The Morgan fingerprint density at radius 1 is 1.53 bits per heavy atom. The summed E-state index contributed by atoms with van der Waals surface area (Å²) in [7, 11) is 0. The van der Waals surface area contributed by atoms with Crippen molar-refractivity contribution in [1.29, 1.82) is 5.26 Å². The molecule has 4 heteroatoms. The second-order valence-corrected chi connectivity index (χ2v) is 4.00. The van der Waals surface area contributed by atoms with E-state index in [0.717, 1.165) is 18.1 Å². The van der Waals surface area contributed by atoms with Gasteiger partial charge in [-0.3, -0.25) is 0 Å². The Bertz CT molecular complexity index is 434. The number of benzene rings is 1. The van der Waals surface area contributed by atoms with E-state index >= 15 is 0 Å². The van der Waals surface area contributed by atoms with E-state index in [1.807, 2.05) is 24.6 Å². The number of thioether (sulfide) groups is 1. The first-order valence-electron chi connectivity index (χ1n) is 4.73. The Morgan fingerprint density at radius 3 is 3.07 bits per heavy atom. The highest BCUT2D eigenvalue weighted by atomic mass is 32.2. The lowest BCUT2D eigenvalue weighted by Crippen LogP contribution is -2.25. The molecule has 1 aromatic rings. The van der Waals surface area contributed by atoms with Crippen LogP contribution in [-0.2, 0) is 6.42 Å².